The van der Waals surface area contributed by atoms with Gasteiger partial charge in [0.2, 0.25) is 11.8 Å². The molecule has 0 aliphatic rings. The maximum Gasteiger partial charge on any atom is 1.00 e. The van der Waals surface area contributed by atoms with Gasteiger partial charge < -0.3 is 20.5 Å². The van der Waals surface area contributed by atoms with Gasteiger partial charge in [0.15, 0.2) is 0 Å². The first-order chi connectivity index (χ1) is 24.7. The van der Waals surface area contributed by atoms with Crippen LogP contribution in [0.5, 0.6) is 0 Å². The maximum atomic E-state index is 11.3. The van der Waals surface area contributed by atoms with Crippen LogP contribution in [-0.4, -0.2) is 61.0 Å². The van der Waals surface area contributed by atoms with Crippen LogP contribution in [0.15, 0.2) is 48.5 Å². The van der Waals surface area contributed by atoms with Crippen LogP contribution < -0.4 is 45.3 Å². The van der Waals surface area contributed by atoms with E-state index in [1.807, 2.05) is 55.5 Å². The summed E-state index contributed by atoms with van der Waals surface area (Å²) < 4.78 is 4.74. The van der Waals surface area contributed by atoms with E-state index in [2.05, 4.69) is 52.5 Å². The van der Waals surface area contributed by atoms with Crippen LogP contribution in [0.3, 0.4) is 0 Å². The number of halogens is 1. The molecule has 2 N–H and O–H groups in total. The maximum absolute atomic E-state index is 11.3. The van der Waals surface area contributed by atoms with E-state index in [0.717, 1.165) is 34.9 Å². The van der Waals surface area contributed by atoms with Gasteiger partial charge in [0.1, 0.15) is 6.04 Å². The number of nitrogens with zero attached hydrogens (tertiary/aromatic N) is 2. The smallest absolute Gasteiger partial charge is 0.855 e. The van der Waals surface area contributed by atoms with Crippen molar-refractivity contribution in [2.24, 2.45) is 0 Å². The van der Waals surface area contributed by atoms with Gasteiger partial charge in [0, 0.05) is 24.7 Å². The minimum absolute atomic E-state index is 0. The number of nitrogens with one attached hydrogen (secondary N) is 2. The summed E-state index contributed by atoms with van der Waals surface area (Å²) in [5.74, 6) is -0.599. The fourth-order valence-corrected chi connectivity index (χ4v) is 4.29. The summed E-state index contributed by atoms with van der Waals surface area (Å²) in [7, 11) is 0. The number of rotatable bonds is 10. The van der Waals surface area contributed by atoms with E-state index in [9.17, 15) is 14.4 Å². The molecule has 284 valence electrons. The third-order valence-electron chi connectivity index (χ3n) is 6.10. The fraction of sp³-hybridized carbons (Fsp3) is 0.444. The second kappa shape index (κ2) is 43.6. The van der Waals surface area contributed by atoms with E-state index < -0.39 is 6.04 Å². The monoisotopic (exact) mass is 812 g/mol. The molecule has 1 unspecified atom stereocenters. The van der Waals surface area contributed by atoms with Gasteiger partial charge in [-0.2, -0.15) is 39.3 Å². The van der Waals surface area contributed by atoms with E-state index in [1.165, 1.54) is 13.8 Å². The number of esters is 1. The molecule has 0 saturated carbocycles. The Kier molecular flexibility index (Phi) is 49.7. The summed E-state index contributed by atoms with van der Waals surface area (Å²) in [5.41, 5.74) is 3.23. The van der Waals surface area contributed by atoms with Gasteiger partial charge in [-0.1, -0.05) is 80.0 Å². The van der Waals surface area contributed by atoms with Gasteiger partial charge in [-0.25, -0.2) is 4.79 Å². The zero-order chi connectivity index (χ0) is 41.4. The zero-order valence-electron chi connectivity index (χ0n) is 31.4. The van der Waals surface area contributed by atoms with E-state index >= 15 is 0 Å². The summed E-state index contributed by atoms with van der Waals surface area (Å²) in [6.07, 6.45) is 3.70. The van der Waals surface area contributed by atoms with Crippen molar-refractivity contribution in [3.63, 3.8) is 0 Å². The molecule has 0 saturated heterocycles. The number of nitriles is 2. The van der Waals surface area contributed by atoms with Crippen LogP contribution >= 0.6 is 15.9 Å². The average Bonchev–Trinajstić information content (AvgIpc) is 3.12. The molecule has 2 aromatic carbocycles. The predicted molar refractivity (Wildman–Crippen MR) is 186 cm³/mol. The number of carbonyl (C=O) groups excluding carboxylic acids is 9. The molecule has 2 amide bonds. The van der Waals surface area contributed by atoms with Gasteiger partial charge in [-0.15, -0.1) is 6.61 Å². The number of amides is 2. The van der Waals surface area contributed by atoms with Crippen LogP contribution in [0.4, 0.5) is 0 Å². The van der Waals surface area contributed by atoms with Crippen LogP contribution in [0, 0.1) is 22.7 Å². The predicted octanol–water partition coefficient (Wildman–Crippen LogP) is 0.333. The topological polar surface area (TPSA) is 258 Å². The molecular formula is C36H46BrN4NaO11. The number of alkyl halides is 1. The molecule has 0 aliphatic heterocycles. The molecule has 2 aromatic rings. The standard InChI is InChI=1S/C15H20N2O.C8H6BrN.C8H15NO3.C2H5O.3CO2.Na/c1-4-15(5-2,17-12(3)18)10-13-8-6-7-9-14(13)11-16;9-5-7-3-1-2-4-8(7)6-10;1-4-7(9-6(3)10)8(11)12-5-2;1-2-3;3*2-1-3;/h6-9H,4-5,10H2,1-3H3,(H,17,18);1-4H,5H2;7H,4-5H2,1-3H3,(H,9,10);2H2,1H3;;;;/q;;;-1;;;;+1. The van der Waals surface area contributed by atoms with Gasteiger partial charge in [-0.3, -0.25) is 9.59 Å². The molecule has 1 atom stereocenters. The third kappa shape index (κ3) is 35.6. The van der Waals surface area contributed by atoms with Crippen molar-refractivity contribution in [2.45, 2.75) is 91.1 Å². The number of carbonyl (C=O) groups is 3. The molecule has 0 fully saturated rings. The third-order valence-corrected chi connectivity index (χ3v) is 6.70. The Labute approximate surface area is 341 Å². The van der Waals surface area contributed by atoms with E-state index in [4.69, 9.17) is 49.1 Å². The molecule has 0 heterocycles. The SMILES string of the molecule is CCC(CC)(Cc1ccccc1C#N)NC(C)=O.CCOC(=O)C(CC)NC(C)=O.CC[O-].N#Cc1ccccc1CBr.O=C=O.O=C=O.O=C=O.[Na+]. The van der Waals surface area contributed by atoms with Crippen molar-refractivity contribution in [1.82, 2.24) is 10.6 Å². The summed E-state index contributed by atoms with van der Waals surface area (Å²) >= 11 is 3.30. The molecule has 0 radical (unpaired) electrons. The summed E-state index contributed by atoms with van der Waals surface area (Å²) in [6, 6.07) is 18.9. The second-order valence-corrected chi connectivity index (χ2v) is 10.0. The Hall–Kier alpha value is -4.59. The van der Waals surface area contributed by atoms with Crippen LogP contribution in [0.25, 0.3) is 0 Å². The number of benzene rings is 2. The van der Waals surface area contributed by atoms with Crippen molar-refractivity contribution in [3.8, 4) is 12.1 Å². The first-order valence-electron chi connectivity index (χ1n) is 15.5. The van der Waals surface area contributed by atoms with Crippen LogP contribution in [0.1, 0.15) is 90.0 Å². The fourth-order valence-electron chi connectivity index (χ4n) is 3.80. The Balaban J connectivity index is -0.000000138. The summed E-state index contributed by atoms with van der Waals surface area (Å²) in [5, 5.41) is 32.9. The van der Waals surface area contributed by atoms with E-state index in [1.54, 1.807) is 13.8 Å². The zero-order valence-corrected chi connectivity index (χ0v) is 35.0. The number of hydrogen-bond donors (Lipinski definition) is 2. The first-order valence-corrected chi connectivity index (χ1v) is 16.6. The molecule has 2 rings (SSSR count). The number of hydrogen-bond acceptors (Lipinski definition) is 13. The first kappa shape index (κ1) is 60.5. The molecule has 0 aromatic heterocycles. The van der Waals surface area contributed by atoms with Crippen molar-refractivity contribution in [1.29, 1.82) is 10.5 Å². The Morgan fingerprint density at radius 3 is 1.43 bits per heavy atom. The Morgan fingerprint density at radius 2 is 1.15 bits per heavy atom. The van der Waals surface area contributed by atoms with Gasteiger partial charge >= 0.3 is 54.0 Å². The molecule has 0 spiro atoms. The van der Waals surface area contributed by atoms with Crippen molar-refractivity contribution >= 4 is 52.2 Å². The average molecular weight is 814 g/mol. The van der Waals surface area contributed by atoms with Crippen molar-refractivity contribution < 1.29 is 82.6 Å². The largest absolute Gasteiger partial charge is 1.00 e. The van der Waals surface area contributed by atoms with E-state index in [-0.39, 0.29) is 77.9 Å². The number of ether oxygens (including phenoxy) is 1. The molecular weight excluding hydrogens is 767 g/mol. The van der Waals surface area contributed by atoms with Gasteiger partial charge in [0.25, 0.3) is 0 Å². The summed E-state index contributed by atoms with van der Waals surface area (Å²) in [6.45, 7) is 12.5. The van der Waals surface area contributed by atoms with E-state index in [0.29, 0.717) is 25.0 Å². The Morgan fingerprint density at radius 1 is 0.774 bits per heavy atom. The minimum atomic E-state index is -0.498. The van der Waals surface area contributed by atoms with Gasteiger partial charge in [-0.05, 0) is 55.9 Å². The molecule has 15 nitrogen and oxygen atoms in total. The van der Waals surface area contributed by atoms with Crippen molar-refractivity contribution in [3.05, 3.63) is 70.8 Å². The second-order valence-electron chi connectivity index (χ2n) is 9.47. The van der Waals surface area contributed by atoms with Crippen LogP contribution in [0.2, 0.25) is 0 Å². The van der Waals surface area contributed by atoms with Crippen LogP contribution in [-0.2, 0) is 59.6 Å². The molecule has 17 heteroatoms. The summed E-state index contributed by atoms with van der Waals surface area (Å²) in [4.78, 5) is 81.8. The molecule has 0 bridgehead atoms. The minimum Gasteiger partial charge on any atom is -0.855 e. The molecule has 0 aliphatic carbocycles. The van der Waals surface area contributed by atoms with Gasteiger partial charge in [0.05, 0.1) is 29.9 Å². The quantitative estimate of drug-likeness (QED) is 0.187. The Bertz CT molecular complexity index is 1440. The van der Waals surface area contributed by atoms with Crippen molar-refractivity contribution in [2.75, 3.05) is 13.2 Å². The normalized spacial score (nSPS) is 8.81. The molecule has 53 heavy (non-hydrogen) atoms.